The maximum absolute atomic E-state index is 11.3. The Hall–Kier alpha value is -2.33. The minimum absolute atomic E-state index is 0.296. The van der Waals surface area contributed by atoms with E-state index in [9.17, 15) is 9.90 Å². The Balaban J connectivity index is 1.48. The van der Waals surface area contributed by atoms with Crippen molar-refractivity contribution in [3.63, 3.8) is 0 Å². The number of nitrogens with one attached hydrogen (secondary N) is 1. The number of para-hydroxylation sites is 1. The van der Waals surface area contributed by atoms with Crippen LogP contribution in [0.25, 0.3) is 0 Å². The molecule has 2 aromatic rings. The molecule has 1 N–H and O–H groups in total. The average molecular weight is 324 g/mol. The van der Waals surface area contributed by atoms with E-state index in [-0.39, 0.29) is 0 Å². The van der Waals surface area contributed by atoms with Crippen molar-refractivity contribution in [2.24, 2.45) is 0 Å². The number of piperazine rings is 1. The van der Waals surface area contributed by atoms with E-state index >= 15 is 0 Å². The average Bonchev–Trinajstić information content (AvgIpc) is 2.63. The lowest BCUT2D eigenvalue weighted by molar-refractivity contribution is -0.900. The second-order valence-electron chi connectivity index (χ2n) is 6.38. The summed E-state index contributed by atoms with van der Waals surface area (Å²) in [6, 6.07) is 17.8. The zero-order valence-electron chi connectivity index (χ0n) is 13.9. The monoisotopic (exact) mass is 324 g/mol. The maximum Gasteiger partial charge on any atom is 0.0949 e. The van der Waals surface area contributed by atoms with Crippen molar-refractivity contribution in [1.82, 2.24) is 0 Å². The first-order valence-corrected chi connectivity index (χ1v) is 8.67. The summed E-state index contributed by atoms with van der Waals surface area (Å²) in [5.74, 6) is -1.09. The smallest absolute Gasteiger partial charge is 0.0949 e. The van der Waals surface area contributed by atoms with Gasteiger partial charge in [0.1, 0.15) is 0 Å². The van der Waals surface area contributed by atoms with Crippen molar-refractivity contribution in [3.8, 4) is 0 Å². The summed E-state index contributed by atoms with van der Waals surface area (Å²) >= 11 is 0. The summed E-state index contributed by atoms with van der Waals surface area (Å²) in [5, 5.41) is 11.3. The number of quaternary nitrogens is 1. The zero-order valence-corrected chi connectivity index (χ0v) is 13.9. The molecule has 3 rings (SSSR count). The molecule has 1 heterocycles. The Morgan fingerprint density at radius 2 is 1.67 bits per heavy atom. The highest BCUT2D eigenvalue weighted by Gasteiger charge is 2.21. The highest BCUT2D eigenvalue weighted by molar-refractivity contribution is 5.93. The quantitative estimate of drug-likeness (QED) is 0.836. The summed E-state index contributed by atoms with van der Waals surface area (Å²) in [4.78, 5) is 15.0. The van der Waals surface area contributed by atoms with Gasteiger partial charge in [-0.25, -0.2) is 0 Å². The number of nitrogens with zero attached hydrogens (tertiary/aromatic N) is 1. The van der Waals surface area contributed by atoms with Crippen LogP contribution in [0.2, 0.25) is 0 Å². The summed E-state index contributed by atoms with van der Waals surface area (Å²) in [6.07, 6.45) is 2.32. The van der Waals surface area contributed by atoms with Gasteiger partial charge in [-0.05, 0) is 18.1 Å². The van der Waals surface area contributed by atoms with Gasteiger partial charge in [0.2, 0.25) is 0 Å². The largest absolute Gasteiger partial charge is 0.545 e. The van der Waals surface area contributed by atoms with Gasteiger partial charge in [0.05, 0.1) is 38.7 Å². The lowest BCUT2D eigenvalue weighted by Gasteiger charge is -2.34. The van der Waals surface area contributed by atoms with Crippen molar-refractivity contribution in [3.05, 3.63) is 65.7 Å². The summed E-state index contributed by atoms with van der Waals surface area (Å²) < 4.78 is 0. The van der Waals surface area contributed by atoms with Crippen LogP contribution in [0.3, 0.4) is 0 Å². The van der Waals surface area contributed by atoms with Crippen LogP contribution in [0.15, 0.2) is 54.6 Å². The van der Waals surface area contributed by atoms with E-state index < -0.39 is 5.97 Å². The lowest BCUT2D eigenvalue weighted by atomic mass is 10.1. The standard InChI is InChI=1S/C20H24N2O2/c23-20(24)18-10-4-5-11-19(18)22-15-13-21(14-16-22)12-6-9-17-7-2-1-3-8-17/h1-5,7-8,10-11H,6,9,12-16H2,(H,23,24). The number of carboxylic acids is 1. The number of aryl methyl sites for hydroxylation is 1. The van der Waals surface area contributed by atoms with Gasteiger partial charge in [-0.2, -0.15) is 0 Å². The topological polar surface area (TPSA) is 47.8 Å². The second-order valence-corrected chi connectivity index (χ2v) is 6.38. The van der Waals surface area contributed by atoms with Gasteiger partial charge in [-0.1, -0.05) is 48.5 Å². The van der Waals surface area contributed by atoms with E-state index in [1.807, 2.05) is 12.1 Å². The minimum Gasteiger partial charge on any atom is -0.545 e. The Morgan fingerprint density at radius 1 is 1.00 bits per heavy atom. The third kappa shape index (κ3) is 4.15. The minimum atomic E-state index is -1.09. The zero-order chi connectivity index (χ0) is 16.8. The highest BCUT2D eigenvalue weighted by atomic mass is 16.4. The molecule has 0 amide bonds. The molecule has 24 heavy (non-hydrogen) atoms. The molecule has 4 nitrogen and oxygen atoms in total. The number of rotatable bonds is 6. The van der Waals surface area contributed by atoms with Crippen LogP contribution in [-0.4, -0.2) is 38.7 Å². The van der Waals surface area contributed by atoms with E-state index in [1.165, 1.54) is 18.5 Å². The van der Waals surface area contributed by atoms with Gasteiger partial charge in [0.25, 0.3) is 0 Å². The predicted molar refractivity (Wildman–Crippen MR) is 93.3 cm³/mol. The molecule has 1 saturated heterocycles. The molecule has 1 aliphatic heterocycles. The molecule has 0 aromatic heterocycles. The number of carbonyl (C=O) groups excluding carboxylic acids is 1. The Morgan fingerprint density at radius 3 is 2.38 bits per heavy atom. The number of hydrogen-bond donors (Lipinski definition) is 1. The van der Waals surface area contributed by atoms with Gasteiger partial charge in [0, 0.05) is 17.7 Å². The molecular formula is C20H24N2O2. The summed E-state index contributed by atoms with van der Waals surface area (Å²) in [7, 11) is 0. The fourth-order valence-electron chi connectivity index (χ4n) is 3.42. The molecule has 0 aliphatic carbocycles. The molecule has 126 valence electrons. The number of aromatic carboxylic acids is 1. The first-order valence-electron chi connectivity index (χ1n) is 8.67. The first kappa shape index (κ1) is 16.5. The van der Waals surface area contributed by atoms with E-state index in [0.29, 0.717) is 5.56 Å². The van der Waals surface area contributed by atoms with E-state index in [0.717, 1.165) is 38.3 Å². The molecule has 0 unspecified atom stereocenters. The Kier molecular flexibility index (Phi) is 5.49. The summed E-state index contributed by atoms with van der Waals surface area (Å²) in [6.45, 7) is 5.06. The highest BCUT2D eigenvalue weighted by Crippen LogP contribution is 2.19. The van der Waals surface area contributed by atoms with Crippen molar-refractivity contribution in [1.29, 1.82) is 0 Å². The van der Waals surface area contributed by atoms with Crippen LogP contribution in [0.5, 0.6) is 0 Å². The van der Waals surface area contributed by atoms with Crippen molar-refractivity contribution in [2.45, 2.75) is 12.8 Å². The number of anilines is 1. The van der Waals surface area contributed by atoms with Crippen LogP contribution in [0, 0.1) is 0 Å². The SMILES string of the molecule is O=C([O-])c1ccccc1N1CC[NH+](CCCc2ccccc2)CC1. The normalized spacial score (nSPS) is 15.4. The van der Waals surface area contributed by atoms with Gasteiger partial charge in [-0.15, -0.1) is 0 Å². The molecule has 0 radical (unpaired) electrons. The number of carbonyl (C=O) groups is 1. The van der Waals surface area contributed by atoms with Gasteiger partial charge in [-0.3, -0.25) is 0 Å². The number of carboxylic acid groups (broad SMARTS) is 1. The van der Waals surface area contributed by atoms with Crippen LogP contribution in [0.1, 0.15) is 22.3 Å². The second kappa shape index (κ2) is 7.97. The molecule has 4 heteroatoms. The molecule has 0 spiro atoms. The first-order chi connectivity index (χ1) is 11.7. The van der Waals surface area contributed by atoms with Crippen LogP contribution in [-0.2, 0) is 6.42 Å². The van der Waals surface area contributed by atoms with E-state index in [2.05, 4.69) is 35.2 Å². The lowest BCUT2D eigenvalue weighted by Crippen LogP contribution is -3.14. The molecule has 0 bridgehead atoms. The van der Waals surface area contributed by atoms with E-state index in [4.69, 9.17) is 0 Å². The third-order valence-electron chi connectivity index (χ3n) is 4.77. The molecule has 0 atom stereocenters. The number of hydrogen-bond acceptors (Lipinski definition) is 3. The fraction of sp³-hybridized carbons (Fsp3) is 0.350. The third-order valence-corrected chi connectivity index (χ3v) is 4.77. The van der Waals surface area contributed by atoms with Gasteiger partial charge < -0.3 is 19.7 Å². The van der Waals surface area contributed by atoms with Crippen LogP contribution >= 0.6 is 0 Å². The molecular weight excluding hydrogens is 300 g/mol. The molecule has 0 saturated carbocycles. The van der Waals surface area contributed by atoms with Crippen molar-refractivity contribution >= 4 is 11.7 Å². The number of benzene rings is 2. The van der Waals surface area contributed by atoms with Gasteiger partial charge >= 0.3 is 0 Å². The van der Waals surface area contributed by atoms with Crippen LogP contribution < -0.4 is 14.9 Å². The van der Waals surface area contributed by atoms with Gasteiger partial charge in [0.15, 0.2) is 0 Å². The predicted octanol–water partition coefficient (Wildman–Crippen LogP) is 0.388. The Labute approximate surface area is 143 Å². The molecule has 1 fully saturated rings. The van der Waals surface area contributed by atoms with Crippen molar-refractivity contribution < 1.29 is 14.8 Å². The Bertz CT molecular complexity index is 664. The maximum atomic E-state index is 11.3. The van der Waals surface area contributed by atoms with Crippen LogP contribution in [0.4, 0.5) is 5.69 Å². The molecule has 1 aliphatic rings. The van der Waals surface area contributed by atoms with Crippen molar-refractivity contribution in [2.75, 3.05) is 37.6 Å². The van der Waals surface area contributed by atoms with E-state index in [1.54, 1.807) is 17.0 Å². The summed E-state index contributed by atoms with van der Waals surface area (Å²) in [5.41, 5.74) is 2.49. The fourth-order valence-corrected chi connectivity index (χ4v) is 3.42. The molecule has 2 aromatic carbocycles.